The van der Waals surface area contributed by atoms with E-state index in [0.717, 1.165) is 23.9 Å². The molecule has 0 bridgehead atoms. The minimum absolute atomic E-state index is 0.157. The summed E-state index contributed by atoms with van der Waals surface area (Å²) in [5, 5.41) is 4.15. The second-order valence-corrected chi connectivity index (χ2v) is 7.66. The smallest absolute Gasteiger partial charge is 0.185 e. The Balaban J connectivity index is 2.66. The predicted octanol–water partition coefficient (Wildman–Crippen LogP) is 1.04. The van der Waals surface area contributed by atoms with Crippen molar-refractivity contribution in [3.63, 3.8) is 0 Å². The van der Waals surface area contributed by atoms with Gasteiger partial charge in [-0.1, -0.05) is 6.92 Å². The standard InChI is InChI=1S/C11H21N3O2S2/c1-5-12-8-10-9(2)13-11(17-10)14(3)6-7-18(4,15)16/h12H,5-8H2,1-4H3. The van der Waals surface area contributed by atoms with Gasteiger partial charge < -0.3 is 10.2 Å². The van der Waals surface area contributed by atoms with Crippen LogP contribution in [0.1, 0.15) is 17.5 Å². The molecule has 0 amide bonds. The highest BCUT2D eigenvalue weighted by Gasteiger charge is 2.12. The number of hydrogen-bond donors (Lipinski definition) is 1. The Labute approximate surface area is 113 Å². The van der Waals surface area contributed by atoms with Crippen LogP contribution < -0.4 is 10.2 Å². The summed E-state index contributed by atoms with van der Waals surface area (Å²) in [7, 11) is -1.05. The van der Waals surface area contributed by atoms with E-state index in [-0.39, 0.29) is 5.75 Å². The minimum Gasteiger partial charge on any atom is -0.350 e. The van der Waals surface area contributed by atoms with Gasteiger partial charge in [0.05, 0.1) is 11.4 Å². The number of sulfone groups is 1. The number of aromatic nitrogens is 1. The SMILES string of the molecule is CCNCc1sc(N(C)CCS(C)(=O)=O)nc1C. The molecule has 0 saturated carbocycles. The topological polar surface area (TPSA) is 62.3 Å². The highest BCUT2D eigenvalue weighted by molar-refractivity contribution is 7.90. The minimum atomic E-state index is -2.92. The molecule has 0 atom stereocenters. The van der Waals surface area contributed by atoms with Crippen molar-refractivity contribution in [2.24, 2.45) is 0 Å². The fourth-order valence-electron chi connectivity index (χ4n) is 1.38. The highest BCUT2D eigenvalue weighted by Crippen LogP contribution is 2.25. The molecule has 1 N–H and O–H groups in total. The monoisotopic (exact) mass is 291 g/mol. The molecule has 0 unspecified atom stereocenters. The third-order valence-corrected chi connectivity index (χ3v) is 4.74. The zero-order chi connectivity index (χ0) is 13.8. The number of thiazole rings is 1. The Hall–Kier alpha value is -0.660. The molecule has 18 heavy (non-hydrogen) atoms. The molecule has 1 aromatic heterocycles. The summed E-state index contributed by atoms with van der Waals surface area (Å²) >= 11 is 1.62. The number of anilines is 1. The molecular weight excluding hydrogens is 270 g/mol. The summed E-state index contributed by atoms with van der Waals surface area (Å²) in [4.78, 5) is 7.58. The molecule has 0 fully saturated rings. The summed E-state index contributed by atoms with van der Waals surface area (Å²) in [6.07, 6.45) is 1.25. The Morgan fingerprint density at radius 1 is 1.44 bits per heavy atom. The third kappa shape index (κ3) is 4.91. The van der Waals surface area contributed by atoms with Crippen LogP contribution in [0.2, 0.25) is 0 Å². The summed E-state index contributed by atoms with van der Waals surface area (Å²) in [5.41, 5.74) is 1.02. The molecule has 104 valence electrons. The molecular formula is C11H21N3O2S2. The average Bonchev–Trinajstić information content (AvgIpc) is 2.64. The van der Waals surface area contributed by atoms with Crippen molar-refractivity contribution in [1.29, 1.82) is 0 Å². The summed E-state index contributed by atoms with van der Waals surface area (Å²) in [6, 6.07) is 0. The zero-order valence-corrected chi connectivity index (χ0v) is 13.0. The molecule has 1 rings (SSSR count). The van der Waals surface area contributed by atoms with Crippen molar-refractivity contribution in [1.82, 2.24) is 10.3 Å². The second-order valence-electron chi connectivity index (χ2n) is 4.34. The summed E-state index contributed by atoms with van der Waals surface area (Å²) in [5.74, 6) is 0.157. The Kier molecular flexibility index (Phi) is 5.55. The van der Waals surface area contributed by atoms with E-state index in [4.69, 9.17) is 0 Å². The molecule has 0 aromatic carbocycles. The van der Waals surface area contributed by atoms with E-state index in [1.54, 1.807) is 11.3 Å². The molecule has 0 aliphatic rings. The highest BCUT2D eigenvalue weighted by atomic mass is 32.2. The second kappa shape index (κ2) is 6.49. The summed E-state index contributed by atoms with van der Waals surface area (Å²) in [6.45, 7) is 6.27. The first kappa shape index (κ1) is 15.4. The molecule has 0 spiro atoms. The van der Waals surface area contributed by atoms with Gasteiger partial charge in [-0.15, -0.1) is 11.3 Å². The van der Waals surface area contributed by atoms with Crippen LogP contribution in [0, 0.1) is 6.92 Å². The first-order valence-electron chi connectivity index (χ1n) is 5.89. The van der Waals surface area contributed by atoms with Gasteiger partial charge in [0.25, 0.3) is 0 Å². The van der Waals surface area contributed by atoms with Crippen LogP contribution in [0.5, 0.6) is 0 Å². The maximum absolute atomic E-state index is 11.1. The van der Waals surface area contributed by atoms with E-state index >= 15 is 0 Å². The van der Waals surface area contributed by atoms with Gasteiger partial charge in [-0.25, -0.2) is 13.4 Å². The molecule has 5 nitrogen and oxygen atoms in total. The number of nitrogens with zero attached hydrogens (tertiary/aromatic N) is 2. The molecule has 0 radical (unpaired) electrons. The van der Waals surface area contributed by atoms with Gasteiger partial charge in [0.15, 0.2) is 5.13 Å². The van der Waals surface area contributed by atoms with Crippen LogP contribution in [-0.4, -0.2) is 45.5 Å². The van der Waals surface area contributed by atoms with Crippen LogP contribution in [0.15, 0.2) is 0 Å². The molecule has 1 aromatic rings. The lowest BCUT2D eigenvalue weighted by Gasteiger charge is -2.14. The van der Waals surface area contributed by atoms with Crippen LogP contribution in [0.4, 0.5) is 5.13 Å². The van der Waals surface area contributed by atoms with Gasteiger partial charge in [-0.05, 0) is 13.5 Å². The molecule has 0 saturated heterocycles. The Morgan fingerprint density at radius 2 is 2.11 bits per heavy atom. The Bertz CT molecular complexity index is 482. The van der Waals surface area contributed by atoms with Gasteiger partial charge >= 0.3 is 0 Å². The number of rotatable bonds is 7. The van der Waals surface area contributed by atoms with Gasteiger partial charge in [0.1, 0.15) is 9.84 Å². The molecule has 1 heterocycles. The van der Waals surface area contributed by atoms with Crippen molar-refractivity contribution in [3.8, 4) is 0 Å². The van der Waals surface area contributed by atoms with E-state index in [9.17, 15) is 8.42 Å². The lowest BCUT2D eigenvalue weighted by molar-refractivity contribution is 0.601. The fraction of sp³-hybridized carbons (Fsp3) is 0.727. The van der Waals surface area contributed by atoms with Gasteiger partial charge in [0, 0.05) is 31.3 Å². The molecule has 0 aliphatic carbocycles. The van der Waals surface area contributed by atoms with Crippen molar-refractivity contribution < 1.29 is 8.42 Å². The Morgan fingerprint density at radius 3 is 2.67 bits per heavy atom. The summed E-state index contributed by atoms with van der Waals surface area (Å²) < 4.78 is 22.3. The third-order valence-electron chi connectivity index (χ3n) is 2.54. The molecule has 7 heteroatoms. The van der Waals surface area contributed by atoms with Crippen LogP contribution >= 0.6 is 11.3 Å². The van der Waals surface area contributed by atoms with E-state index in [2.05, 4.69) is 17.2 Å². The maximum Gasteiger partial charge on any atom is 0.185 e. The lowest BCUT2D eigenvalue weighted by Crippen LogP contribution is -2.24. The van der Waals surface area contributed by atoms with Crippen molar-refractivity contribution in [2.75, 3.05) is 37.0 Å². The van der Waals surface area contributed by atoms with Crippen LogP contribution in [0.25, 0.3) is 0 Å². The van der Waals surface area contributed by atoms with E-state index < -0.39 is 9.84 Å². The van der Waals surface area contributed by atoms with Gasteiger partial charge in [0.2, 0.25) is 0 Å². The van der Waals surface area contributed by atoms with Crippen molar-refractivity contribution in [2.45, 2.75) is 20.4 Å². The zero-order valence-electron chi connectivity index (χ0n) is 11.4. The van der Waals surface area contributed by atoms with E-state index in [1.165, 1.54) is 11.1 Å². The molecule has 0 aliphatic heterocycles. The van der Waals surface area contributed by atoms with Gasteiger partial charge in [-0.2, -0.15) is 0 Å². The van der Waals surface area contributed by atoms with Crippen molar-refractivity contribution >= 4 is 26.3 Å². The quantitative estimate of drug-likeness (QED) is 0.813. The van der Waals surface area contributed by atoms with Gasteiger partial charge in [-0.3, -0.25) is 0 Å². The van der Waals surface area contributed by atoms with Crippen molar-refractivity contribution in [3.05, 3.63) is 10.6 Å². The first-order chi connectivity index (χ1) is 8.33. The normalized spacial score (nSPS) is 11.8. The van der Waals surface area contributed by atoms with E-state index in [0.29, 0.717) is 6.54 Å². The number of aryl methyl sites for hydroxylation is 1. The lowest BCUT2D eigenvalue weighted by atomic mass is 10.4. The number of nitrogens with one attached hydrogen (secondary N) is 1. The number of hydrogen-bond acceptors (Lipinski definition) is 6. The average molecular weight is 291 g/mol. The maximum atomic E-state index is 11.1. The van der Waals surface area contributed by atoms with Crippen LogP contribution in [0.3, 0.4) is 0 Å². The van der Waals surface area contributed by atoms with E-state index in [1.807, 2.05) is 18.9 Å². The van der Waals surface area contributed by atoms with Crippen LogP contribution in [-0.2, 0) is 16.4 Å². The fourth-order valence-corrected chi connectivity index (χ4v) is 3.00. The largest absolute Gasteiger partial charge is 0.350 e. The predicted molar refractivity (Wildman–Crippen MR) is 77.2 cm³/mol. The first-order valence-corrected chi connectivity index (χ1v) is 8.77.